The molecule has 4 heteroatoms. The maximum absolute atomic E-state index is 5.81. The fourth-order valence-electron chi connectivity index (χ4n) is 1.53. The zero-order valence-corrected chi connectivity index (χ0v) is 7.32. The highest BCUT2D eigenvalue weighted by atomic mass is 15.4. The van der Waals surface area contributed by atoms with Crippen molar-refractivity contribution in [3.63, 3.8) is 0 Å². The number of hydrogen-bond acceptors (Lipinski definition) is 3. The molecule has 4 nitrogen and oxygen atoms in total. The van der Waals surface area contributed by atoms with Crippen LogP contribution in [0.15, 0.2) is 0 Å². The van der Waals surface area contributed by atoms with E-state index in [2.05, 4.69) is 17.0 Å². The molecule has 0 aromatic carbocycles. The average molecular weight is 166 g/mol. The Hall–Kier alpha value is -0.900. The van der Waals surface area contributed by atoms with Gasteiger partial charge in [0.05, 0.1) is 6.54 Å². The molecule has 0 fully saturated rings. The zero-order valence-electron chi connectivity index (χ0n) is 7.32. The van der Waals surface area contributed by atoms with Gasteiger partial charge in [0, 0.05) is 18.9 Å². The van der Waals surface area contributed by atoms with Gasteiger partial charge in [-0.15, -0.1) is 0 Å². The first-order valence-electron chi connectivity index (χ1n) is 4.47. The maximum atomic E-state index is 5.81. The molecule has 0 bridgehead atoms. The quantitative estimate of drug-likeness (QED) is 0.644. The van der Waals surface area contributed by atoms with E-state index < -0.39 is 0 Å². The van der Waals surface area contributed by atoms with E-state index in [1.54, 1.807) is 0 Å². The summed E-state index contributed by atoms with van der Waals surface area (Å²) in [6.45, 7) is 2.91. The number of nitrogens with zero attached hydrogens (tertiary/aromatic N) is 3. The van der Waals surface area contributed by atoms with E-state index in [1.807, 2.05) is 4.68 Å². The summed E-state index contributed by atoms with van der Waals surface area (Å²) in [6, 6.07) is 0.268. The molecule has 0 spiro atoms. The highest BCUT2D eigenvalue weighted by Crippen LogP contribution is 2.11. The topological polar surface area (TPSA) is 56.7 Å². The molecule has 0 amide bonds. The van der Waals surface area contributed by atoms with Gasteiger partial charge in [-0.3, -0.25) is 0 Å². The van der Waals surface area contributed by atoms with Crippen LogP contribution in [-0.2, 0) is 19.4 Å². The molecule has 1 aromatic rings. The highest BCUT2D eigenvalue weighted by molar-refractivity contribution is 4.97. The van der Waals surface area contributed by atoms with Crippen LogP contribution >= 0.6 is 0 Å². The lowest BCUT2D eigenvalue weighted by atomic mass is 10.1. The van der Waals surface area contributed by atoms with E-state index in [9.17, 15) is 0 Å². The lowest BCUT2D eigenvalue weighted by Crippen LogP contribution is -2.32. The van der Waals surface area contributed by atoms with Crippen molar-refractivity contribution < 1.29 is 0 Å². The van der Waals surface area contributed by atoms with Crippen LogP contribution in [0.4, 0.5) is 0 Å². The molecule has 2 heterocycles. The Balaban J connectivity index is 2.28. The molecule has 0 aliphatic carbocycles. The highest BCUT2D eigenvalue weighted by Gasteiger charge is 2.17. The van der Waals surface area contributed by atoms with Gasteiger partial charge >= 0.3 is 0 Å². The monoisotopic (exact) mass is 166 g/mol. The van der Waals surface area contributed by atoms with Crippen molar-refractivity contribution in [1.82, 2.24) is 14.8 Å². The third-order valence-electron chi connectivity index (χ3n) is 2.25. The summed E-state index contributed by atoms with van der Waals surface area (Å²) in [5, 5.41) is 4.35. The molecule has 66 valence electrons. The van der Waals surface area contributed by atoms with Crippen molar-refractivity contribution in [2.75, 3.05) is 0 Å². The van der Waals surface area contributed by atoms with Crippen molar-refractivity contribution in [2.24, 2.45) is 5.73 Å². The van der Waals surface area contributed by atoms with Gasteiger partial charge in [0.25, 0.3) is 0 Å². The van der Waals surface area contributed by atoms with E-state index in [0.29, 0.717) is 0 Å². The number of aryl methyl sites for hydroxylation is 2. The minimum atomic E-state index is 0.268. The molecule has 0 saturated carbocycles. The van der Waals surface area contributed by atoms with Gasteiger partial charge in [-0.2, -0.15) is 5.10 Å². The Labute approximate surface area is 71.8 Å². The summed E-state index contributed by atoms with van der Waals surface area (Å²) in [7, 11) is 0. The van der Waals surface area contributed by atoms with Gasteiger partial charge in [-0.1, -0.05) is 6.92 Å². The Kier molecular flexibility index (Phi) is 1.84. The van der Waals surface area contributed by atoms with Crippen molar-refractivity contribution in [2.45, 2.75) is 38.8 Å². The van der Waals surface area contributed by atoms with Crippen LogP contribution in [0, 0.1) is 0 Å². The first kappa shape index (κ1) is 7.73. The molecule has 2 rings (SSSR count). The molecule has 0 radical (unpaired) electrons. The Morgan fingerprint density at radius 1 is 1.67 bits per heavy atom. The van der Waals surface area contributed by atoms with E-state index >= 15 is 0 Å². The van der Waals surface area contributed by atoms with E-state index in [4.69, 9.17) is 5.73 Å². The summed E-state index contributed by atoms with van der Waals surface area (Å²) in [6.07, 6.45) is 2.94. The van der Waals surface area contributed by atoms with Crippen LogP contribution < -0.4 is 5.73 Å². The van der Waals surface area contributed by atoms with E-state index in [1.165, 1.54) is 0 Å². The Bertz CT molecular complexity index is 279. The van der Waals surface area contributed by atoms with Gasteiger partial charge in [-0.05, 0) is 6.42 Å². The number of hydrogen-bond donors (Lipinski definition) is 1. The molecule has 1 aliphatic rings. The van der Waals surface area contributed by atoms with Crippen molar-refractivity contribution >= 4 is 0 Å². The van der Waals surface area contributed by atoms with Crippen LogP contribution in [0.1, 0.15) is 25.0 Å². The van der Waals surface area contributed by atoms with E-state index in [0.717, 1.165) is 37.5 Å². The molecular weight excluding hydrogens is 152 g/mol. The second kappa shape index (κ2) is 2.86. The number of fused-ring (bicyclic) bond motifs is 1. The van der Waals surface area contributed by atoms with Crippen LogP contribution in [0.5, 0.6) is 0 Å². The maximum Gasteiger partial charge on any atom is 0.150 e. The Morgan fingerprint density at radius 2 is 2.50 bits per heavy atom. The number of aromatic nitrogens is 3. The molecule has 12 heavy (non-hydrogen) atoms. The van der Waals surface area contributed by atoms with Gasteiger partial charge in [0.1, 0.15) is 5.82 Å². The molecule has 2 N–H and O–H groups in total. The SMILES string of the molecule is CCc1nc2n(n1)CC(N)CC2. The summed E-state index contributed by atoms with van der Waals surface area (Å²) in [5.74, 6) is 2.05. The average Bonchev–Trinajstić information content (AvgIpc) is 2.46. The van der Waals surface area contributed by atoms with Crippen LogP contribution in [0.3, 0.4) is 0 Å². The van der Waals surface area contributed by atoms with Crippen molar-refractivity contribution in [3.05, 3.63) is 11.6 Å². The largest absolute Gasteiger partial charge is 0.326 e. The standard InChI is InChI=1S/C8H14N4/c1-2-7-10-8-4-3-6(9)5-12(8)11-7/h6H,2-5,9H2,1H3. The fraction of sp³-hybridized carbons (Fsp3) is 0.750. The minimum Gasteiger partial charge on any atom is -0.326 e. The smallest absolute Gasteiger partial charge is 0.150 e. The van der Waals surface area contributed by atoms with Crippen LogP contribution in [0.25, 0.3) is 0 Å². The van der Waals surface area contributed by atoms with Gasteiger partial charge in [-0.25, -0.2) is 9.67 Å². The van der Waals surface area contributed by atoms with Gasteiger partial charge < -0.3 is 5.73 Å². The summed E-state index contributed by atoms with van der Waals surface area (Å²) >= 11 is 0. The second-order valence-electron chi connectivity index (χ2n) is 3.28. The first-order chi connectivity index (χ1) is 5.79. The zero-order chi connectivity index (χ0) is 8.55. The van der Waals surface area contributed by atoms with Crippen LogP contribution in [0.2, 0.25) is 0 Å². The molecule has 0 saturated heterocycles. The third kappa shape index (κ3) is 1.22. The first-order valence-corrected chi connectivity index (χ1v) is 4.47. The fourth-order valence-corrected chi connectivity index (χ4v) is 1.53. The predicted octanol–water partition coefficient (Wildman–Crippen LogP) is 0.114. The van der Waals surface area contributed by atoms with Crippen molar-refractivity contribution in [3.8, 4) is 0 Å². The lowest BCUT2D eigenvalue weighted by Gasteiger charge is -2.17. The number of nitrogens with two attached hydrogens (primary N) is 1. The summed E-state index contributed by atoms with van der Waals surface area (Å²) < 4.78 is 1.95. The minimum absolute atomic E-state index is 0.268. The van der Waals surface area contributed by atoms with Crippen molar-refractivity contribution in [1.29, 1.82) is 0 Å². The van der Waals surface area contributed by atoms with Gasteiger partial charge in [0.2, 0.25) is 0 Å². The molecule has 1 aromatic heterocycles. The third-order valence-corrected chi connectivity index (χ3v) is 2.25. The molecule has 1 unspecified atom stereocenters. The molecule has 1 atom stereocenters. The summed E-state index contributed by atoms with van der Waals surface area (Å²) in [4.78, 5) is 4.40. The lowest BCUT2D eigenvalue weighted by molar-refractivity contribution is 0.421. The predicted molar refractivity (Wildman–Crippen MR) is 45.7 cm³/mol. The van der Waals surface area contributed by atoms with E-state index in [-0.39, 0.29) is 6.04 Å². The van der Waals surface area contributed by atoms with Crippen LogP contribution in [-0.4, -0.2) is 20.8 Å². The Morgan fingerprint density at radius 3 is 3.25 bits per heavy atom. The second-order valence-corrected chi connectivity index (χ2v) is 3.28. The molecular formula is C8H14N4. The number of rotatable bonds is 1. The molecule has 1 aliphatic heterocycles. The summed E-state index contributed by atoms with van der Waals surface area (Å²) in [5.41, 5.74) is 5.81. The normalized spacial score (nSPS) is 22.3. The van der Waals surface area contributed by atoms with Gasteiger partial charge in [0.15, 0.2) is 5.82 Å².